The molecule has 0 amide bonds. The number of alkyl halides is 1. The molecule has 0 aliphatic heterocycles. The van der Waals surface area contributed by atoms with Crippen molar-refractivity contribution in [1.82, 2.24) is 0 Å². The van der Waals surface area contributed by atoms with Crippen molar-refractivity contribution in [3.05, 3.63) is 60.7 Å². The van der Waals surface area contributed by atoms with Gasteiger partial charge >= 0.3 is 0 Å². The van der Waals surface area contributed by atoms with Crippen LogP contribution in [0.5, 0.6) is 0 Å². The lowest BCUT2D eigenvalue weighted by atomic mass is 10.3. The molecule has 0 unspecified atom stereocenters. The van der Waals surface area contributed by atoms with E-state index in [1.807, 2.05) is 60.7 Å². The summed E-state index contributed by atoms with van der Waals surface area (Å²) in [6.07, 6.45) is 1.08. The van der Waals surface area contributed by atoms with Crippen molar-refractivity contribution < 1.29 is 4.79 Å². The van der Waals surface area contributed by atoms with Crippen molar-refractivity contribution in [3.8, 4) is 0 Å². The van der Waals surface area contributed by atoms with Gasteiger partial charge in [-0.3, -0.25) is 4.79 Å². The van der Waals surface area contributed by atoms with Crippen LogP contribution in [-0.2, 0) is 4.79 Å². The van der Waals surface area contributed by atoms with Crippen LogP contribution in [0.3, 0.4) is 0 Å². The Morgan fingerprint density at radius 2 is 1.35 bits per heavy atom. The van der Waals surface area contributed by atoms with Gasteiger partial charge in [-0.25, -0.2) is 0 Å². The smallest absolute Gasteiger partial charge is 0.221 e. The first-order valence-corrected chi connectivity index (χ1v) is 7.25. The molecule has 0 atom stereocenters. The first-order valence-electron chi connectivity index (χ1n) is 6.34. The number of rotatable bonds is 5. The maximum absolute atomic E-state index is 9.91. The van der Waals surface area contributed by atoms with E-state index in [0.717, 1.165) is 11.4 Å². The SMILES string of the molecule is O=C(Cl)CCCCl.c1ccc(Nc2ccccc2)cc1. The highest BCUT2D eigenvalue weighted by atomic mass is 35.5. The molecular weight excluding hydrogens is 293 g/mol. The topological polar surface area (TPSA) is 29.1 Å². The van der Waals surface area contributed by atoms with E-state index in [-0.39, 0.29) is 5.24 Å². The lowest BCUT2D eigenvalue weighted by Gasteiger charge is -2.04. The van der Waals surface area contributed by atoms with E-state index in [4.69, 9.17) is 23.2 Å². The predicted octanol–water partition coefficient (Wildman–Crippen LogP) is 5.20. The van der Waals surface area contributed by atoms with Crippen LogP contribution in [0.1, 0.15) is 12.8 Å². The van der Waals surface area contributed by atoms with Crippen LogP contribution in [0.15, 0.2) is 60.7 Å². The second kappa shape index (κ2) is 10.3. The number of nitrogens with one attached hydrogen (secondary N) is 1. The van der Waals surface area contributed by atoms with Crippen molar-refractivity contribution in [1.29, 1.82) is 0 Å². The van der Waals surface area contributed by atoms with Gasteiger partial charge in [0.2, 0.25) is 5.24 Å². The average molecular weight is 310 g/mol. The van der Waals surface area contributed by atoms with Crippen LogP contribution in [-0.4, -0.2) is 11.1 Å². The van der Waals surface area contributed by atoms with Crippen LogP contribution < -0.4 is 5.32 Å². The molecule has 1 N–H and O–H groups in total. The van der Waals surface area contributed by atoms with E-state index in [2.05, 4.69) is 5.32 Å². The normalized spacial score (nSPS) is 9.30. The minimum absolute atomic E-state index is 0.305. The van der Waals surface area contributed by atoms with Gasteiger partial charge < -0.3 is 5.32 Å². The van der Waals surface area contributed by atoms with E-state index in [1.54, 1.807) is 0 Å². The molecule has 2 nitrogen and oxygen atoms in total. The van der Waals surface area contributed by atoms with Crippen LogP contribution in [0.25, 0.3) is 0 Å². The van der Waals surface area contributed by atoms with Gasteiger partial charge in [0.1, 0.15) is 0 Å². The third-order valence-corrected chi connectivity index (χ3v) is 2.80. The van der Waals surface area contributed by atoms with Gasteiger partial charge in [-0.05, 0) is 42.3 Å². The summed E-state index contributed by atoms with van der Waals surface area (Å²) in [4.78, 5) is 9.91. The molecule has 0 fully saturated rings. The maximum atomic E-state index is 9.91. The second-order valence-corrected chi connectivity index (χ2v) is 4.80. The summed E-state index contributed by atoms with van der Waals surface area (Å²) in [5.74, 6) is 0.512. The second-order valence-electron chi connectivity index (χ2n) is 4.00. The van der Waals surface area contributed by atoms with Gasteiger partial charge in [0, 0.05) is 23.7 Å². The lowest BCUT2D eigenvalue weighted by Crippen LogP contribution is -1.87. The lowest BCUT2D eigenvalue weighted by molar-refractivity contribution is -0.111. The fraction of sp³-hybridized carbons (Fsp3) is 0.188. The molecule has 0 aliphatic carbocycles. The Labute approximate surface area is 129 Å². The predicted molar refractivity (Wildman–Crippen MR) is 87.0 cm³/mol. The Balaban J connectivity index is 0.000000246. The Hall–Kier alpha value is -1.51. The van der Waals surface area contributed by atoms with Crippen molar-refractivity contribution in [2.75, 3.05) is 11.2 Å². The molecule has 2 aromatic rings. The molecule has 0 spiro atoms. The standard InChI is InChI=1S/C12H11N.C4H6Cl2O/c1-3-7-11(8-4-1)13-12-9-5-2-6-10-12;5-3-1-2-4(6)7/h1-10,13H;1-3H2. The summed E-state index contributed by atoms with van der Waals surface area (Å²) in [6.45, 7) is 0. The average Bonchev–Trinajstić information content (AvgIpc) is 2.48. The zero-order chi connectivity index (χ0) is 14.6. The van der Waals surface area contributed by atoms with Crippen LogP contribution in [0, 0.1) is 0 Å². The van der Waals surface area contributed by atoms with Crippen molar-refractivity contribution in [2.45, 2.75) is 12.8 Å². The third-order valence-electron chi connectivity index (χ3n) is 2.34. The summed E-state index contributed by atoms with van der Waals surface area (Å²) in [5, 5.41) is 3.00. The number of carbonyl (C=O) groups excluding carboxylic acids is 1. The zero-order valence-corrected chi connectivity index (χ0v) is 12.6. The number of hydrogen-bond donors (Lipinski definition) is 1. The zero-order valence-electron chi connectivity index (χ0n) is 11.1. The number of para-hydroxylation sites is 2. The minimum Gasteiger partial charge on any atom is -0.356 e. The molecule has 4 heteroatoms. The van der Waals surface area contributed by atoms with Crippen LogP contribution in [0.4, 0.5) is 11.4 Å². The minimum atomic E-state index is -0.305. The summed E-state index contributed by atoms with van der Waals surface area (Å²) in [6, 6.07) is 20.3. The largest absolute Gasteiger partial charge is 0.356 e. The molecule has 0 saturated heterocycles. The highest BCUT2D eigenvalue weighted by Crippen LogP contribution is 2.14. The number of benzene rings is 2. The summed E-state index contributed by atoms with van der Waals surface area (Å²) in [7, 11) is 0. The number of hydrogen-bond acceptors (Lipinski definition) is 2. The van der Waals surface area contributed by atoms with Crippen molar-refractivity contribution in [2.24, 2.45) is 0 Å². The Morgan fingerprint density at radius 3 is 1.65 bits per heavy atom. The molecule has 2 aromatic carbocycles. The quantitative estimate of drug-likeness (QED) is 0.607. The fourth-order valence-corrected chi connectivity index (χ4v) is 1.68. The van der Waals surface area contributed by atoms with E-state index in [0.29, 0.717) is 18.7 Å². The van der Waals surface area contributed by atoms with E-state index in [1.165, 1.54) is 0 Å². The maximum Gasteiger partial charge on any atom is 0.221 e. The molecule has 2 rings (SSSR count). The van der Waals surface area contributed by atoms with Gasteiger partial charge in [-0.15, -0.1) is 11.6 Å². The van der Waals surface area contributed by atoms with Crippen LogP contribution in [0.2, 0.25) is 0 Å². The van der Waals surface area contributed by atoms with E-state index < -0.39 is 0 Å². The van der Waals surface area contributed by atoms with E-state index >= 15 is 0 Å². The van der Waals surface area contributed by atoms with E-state index in [9.17, 15) is 4.79 Å². The molecule has 0 bridgehead atoms. The molecule has 20 heavy (non-hydrogen) atoms. The first kappa shape index (κ1) is 16.5. The Bertz CT molecular complexity index is 451. The molecule has 0 aliphatic rings. The number of halogens is 2. The summed E-state index contributed by atoms with van der Waals surface area (Å²) >= 11 is 10.2. The van der Waals surface area contributed by atoms with Gasteiger partial charge in [0.05, 0.1) is 0 Å². The molecule has 0 radical (unpaired) electrons. The Morgan fingerprint density at radius 1 is 0.900 bits per heavy atom. The van der Waals surface area contributed by atoms with Crippen molar-refractivity contribution in [3.63, 3.8) is 0 Å². The van der Waals surface area contributed by atoms with Gasteiger partial charge in [0.25, 0.3) is 0 Å². The number of anilines is 2. The first-order chi connectivity index (χ1) is 9.72. The van der Waals surface area contributed by atoms with Gasteiger partial charge in [-0.1, -0.05) is 36.4 Å². The molecule has 0 saturated carbocycles. The van der Waals surface area contributed by atoms with Crippen LogP contribution >= 0.6 is 23.2 Å². The highest BCUT2D eigenvalue weighted by molar-refractivity contribution is 6.63. The third kappa shape index (κ3) is 7.82. The molecule has 0 aromatic heterocycles. The summed E-state index contributed by atoms with van der Waals surface area (Å²) < 4.78 is 0. The number of carbonyl (C=O) groups is 1. The Kier molecular flexibility index (Phi) is 8.52. The monoisotopic (exact) mass is 309 g/mol. The molecule has 0 heterocycles. The molecule has 106 valence electrons. The van der Waals surface area contributed by atoms with Gasteiger partial charge in [0.15, 0.2) is 0 Å². The van der Waals surface area contributed by atoms with Crippen molar-refractivity contribution >= 4 is 39.8 Å². The summed E-state index contributed by atoms with van der Waals surface area (Å²) in [5.41, 5.74) is 2.24. The fourth-order valence-electron chi connectivity index (χ4n) is 1.42. The van der Waals surface area contributed by atoms with Gasteiger partial charge in [-0.2, -0.15) is 0 Å². The molecular formula is C16H17Cl2NO. The highest BCUT2D eigenvalue weighted by Gasteiger charge is 1.91.